The Morgan fingerprint density at radius 2 is 1.83 bits per heavy atom. The fourth-order valence-corrected chi connectivity index (χ4v) is 2.39. The summed E-state index contributed by atoms with van der Waals surface area (Å²) in [4.78, 5) is 22.0. The number of ether oxygens (including phenoxy) is 1. The van der Waals surface area contributed by atoms with Crippen LogP contribution in [0.4, 0.5) is 0 Å². The molecule has 1 N–H and O–H groups in total. The van der Waals surface area contributed by atoms with Crippen molar-refractivity contribution in [2.24, 2.45) is 17.3 Å². The zero-order valence-corrected chi connectivity index (χ0v) is 12.0. The minimum absolute atomic E-state index is 0.0493. The molecule has 4 nitrogen and oxygen atoms in total. The molecule has 0 amide bonds. The minimum atomic E-state index is -0.893. The largest absolute Gasteiger partial charge is 0.490 e. The van der Waals surface area contributed by atoms with Gasteiger partial charge >= 0.3 is 5.97 Å². The molecule has 1 saturated carbocycles. The molecule has 5 heteroatoms. The Bertz CT molecular complexity index is 404. The maximum Gasteiger partial charge on any atom is 0.307 e. The summed E-state index contributed by atoms with van der Waals surface area (Å²) in [7, 11) is 0. The molecular weight excluding hydrogens is 256 g/mol. The Morgan fingerprint density at radius 1 is 1.33 bits per heavy atom. The summed E-state index contributed by atoms with van der Waals surface area (Å²) < 4.78 is 5.68. The lowest BCUT2D eigenvalue weighted by Crippen LogP contribution is -2.21. The molecule has 1 rings (SSSR count). The van der Waals surface area contributed by atoms with Crippen LogP contribution < -0.4 is 0 Å². The molecule has 102 valence electrons. The lowest BCUT2D eigenvalue weighted by Gasteiger charge is -2.24. The lowest BCUT2D eigenvalue weighted by atomic mass is 10.1. The Labute approximate surface area is 112 Å². The van der Waals surface area contributed by atoms with Crippen LogP contribution in [-0.2, 0) is 14.3 Å². The smallest absolute Gasteiger partial charge is 0.307 e. The average Bonchev–Trinajstić information content (AvgIpc) is 2.75. The first-order valence-electron chi connectivity index (χ1n) is 5.79. The molecule has 0 aromatic carbocycles. The summed E-state index contributed by atoms with van der Waals surface area (Å²) in [6, 6.07) is 0. The Balaban J connectivity index is 3.09. The molecule has 1 fully saturated rings. The van der Waals surface area contributed by atoms with Crippen molar-refractivity contribution < 1.29 is 19.4 Å². The van der Waals surface area contributed by atoms with Gasteiger partial charge in [-0.3, -0.25) is 9.59 Å². The van der Waals surface area contributed by atoms with Crippen LogP contribution in [-0.4, -0.2) is 23.0 Å². The number of carboxylic acid groups (broad SMARTS) is 1. The molecule has 2 atom stereocenters. The van der Waals surface area contributed by atoms with Gasteiger partial charge in [0.1, 0.15) is 16.4 Å². The van der Waals surface area contributed by atoms with Gasteiger partial charge < -0.3 is 9.84 Å². The predicted molar refractivity (Wildman–Crippen MR) is 68.2 cm³/mol. The van der Waals surface area contributed by atoms with Crippen molar-refractivity contribution in [3.63, 3.8) is 0 Å². The summed E-state index contributed by atoms with van der Waals surface area (Å²) in [5.41, 5.74) is -0.976. The molecule has 0 heterocycles. The van der Waals surface area contributed by atoms with Crippen LogP contribution in [0, 0.1) is 17.3 Å². The molecule has 1 aliphatic rings. The number of halogens is 1. The quantitative estimate of drug-likeness (QED) is 0.486. The number of allylic oxidation sites excluding steroid dienone is 2. The highest BCUT2D eigenvalue weighted by atomic mass is 35.5. The van der Waals surface area contributed by atoms with Crippen molar-refractivity contribution in [3.8, 4) is 0 Å². The molecule has 0 spiro atoms. The highest BCUT2D eigenvalue weighted by Crippen LogP contribution is 2.62. The van der Waals surface area contributed by atoms with Crippen molar-refractivity contribution >= 4 is 23.9 Å². The maximum absolute atomic E-state index is 11.2. The average molecular weight is 275 g/mol. The highest BCUT2D eigenvalue weighted by molar-refractivity contribution is 6.38. The number of aliphatic carboxylic acids is 1. The van der Waals surface area contributed by atoms with Crippen molar-refractivity contribution in [2.75, 3.05) is 0 Å². The Hall–Kier alpha value is -1.03. The molecule has 0 aliphatic heterocycles. The van der Waals surface area contributed by atoms with E-state index in [0.717, 1.165) is 0 Å². The number of aldehydes is 1. The molecule has 0 bridgehead atoms. The van der Waals surface area contributed by atoms with Crippen LogP contribution in [0.2, 0.25) is 0 Å². The summed E-state index contributed by atoms with van der Waals surface area (Å²) in [5, 5.41) is 9.10. The topological polar surface area (TPSA) is 63.6 Å². The van der Waals surface area contributed by atoms with E-state index in [-0.39, 0.29) is 16.7 Å². The molecule has 18 heavy (non-hydrogen) atoms. The molecule has 2 unspecified atom stereocenters. The summed E-state index contributed by atoms with van der Waals surface area (Å²) >= 11 is 5.86. The van der Waals surface area contributed by atoms with E-state index in [1.54, 1.807) is 0 Å². The third-order valence-electron chi connectivity index (χ3n) is 3.13. The number of hydrogen-bond donors (Lipinski definition) is 1. The van der Waals surface area contributed by atoms with Crippen LogP contribution in [0.5, 0.6) is 0 Å². The van der Waals surface area contributed by atoms with Crippen molar-refractivity contribution in [3.05, 3.63) is 10.8 Å². The van der Waals surface area contributed by atoms with Gasteiger partial charge in [0.25, 0.3) is 0 Å². The monoisotopic (exact) mass is 274 g/mol. The van der Waals surface area contributed by atoms with Crippen LogP contribution in [0.1, 0.15) is 34.6 Å². The van der Waals surface area contributed by atoms with E-state index in [9.17, 15) is 9.59 Å². The number of carboxylic acids is 1. The van der Waals surface area contributed by atoms with E-state index in [0.29, 0.717) is 6.29 Å². The van der Waals surface area contributed by atoms with Crippen LogP contribution in [0.15, 0.2) is 10.8 Å². The minimum Gasteiger partial charge on any atom is -0.490 e. The van der Waals surface area contributed by atoms with Gasteiger partial charge in [0.2, 0.25) is 0 Å². The van der Waals surface area contributed by atoms with E-state index >= 15 is 0 Å². The number of carbonyl (C=O) groups is 2. The van der Waals surface area contributed by atoms with Gasteiger partial charge in [-0.05, 0) is 26.2 Å². The van der Waals surface area contributed by atoms with Crippen molar-refractivity contribution in [1.82, 2.24) is 0 Å². The molecule has 0 aromatic heterocycles. The standard InChI is InChI=1S/C13H19ClO4/c1-12(2,3)18-10(7(14)6-15)8-9(11(16)17)13(8,4)5/h6,8-9H,1-5H3,(H,16,17)/b10-7-. The first kappa shape index (κ1) is 15.0. The second kappa shape index (κ2) is 4.57. The molecule has 1 aliphatic carbocycles. The van der Waals surface area contributed by atoms with E-state index < -0.39 is 22.9 Å². The second-order valence-electron chi connectivity index (χ2n) is 6.16. The molecule has 0 aromatic rings. The van der Waals surface area contributed by atoms with Crippen molar-refractivity contribution in [1.29, 1.82) is 0 Å². The van der Waals surface area contributed by atoms with Crippen LogP contribution >= 0.6 is 11.6 Å². The van der Waals surface area contributed by atoms with Gasteiger partial charge in [0.05, 0.1) is 5.92 Å². The SMILES string of the molecule is CC(C)(C)O/C(=C(\Cl)C=O)C1C(C(=O)O)C1(C)C. The lowest BCUT2D eigenvalue weighted by molar-refractivity contribution is -0.139. The normalized spacial score (nSPS) is 27.2. The van der Waals surface area contributed by atoms with E-state index in [2.05, 4.69) is 0 Å². The predicted octanol–water partition coefficient (Wildman–Crippen LogP) is 2.81. The van der Waals surface area contributed by atoms with Crippen LogP contribution in [0.3, 0.4) is 0 Å². The summed E-state index contributed by atoms with van der Waals surface area (Å²) in [6.45, 7) is 9.14. The van der Waals surface area contributed by atoms with Gasteiger partial charge in [-0.25, -0.2) is 0 Å². The maximum atomic E-state index is 11.2. The van der Waals surface area contributed by atoms with E-state index in [4.69, 9.17) is 21.4 Å². The second-order valence-corrected chi connectivity index (χ2v) is 6.57. The van der Waals surface area contributed by atoms with Gasteiger partial charge in [0, 0.05) is 5.92 Å². The first-order valence-corrected chi connectivity index (χ1v) is 6.17. The summed E-state index contributed by atoms with van der Waals surface area (Å²) in [5.74, 6) is -1.53. The first-order chi connectivity index (χ1) is 8.02. The van der Waals surface area contributed by atoms with E-state index in [1.807, 2.05) is 34.6 Å². The highest BCUT2D eigenvalue weighted by Gasteiger charge is 2.65. The number of rotatable bonds is 4. The number of carbonyl (C=O) groups excluding carboxylic acids is 1. The molecule has 0 radical (unpaired) electrons. The fourth-order valence-electron chi connectivity index (χ4n) is 2.24. The van der Waals surface area contributed by atoms with Gasteiger partial charge in [-0.2, -0.15) is 0 Å². The number of hydrogen-bond acceptors (Lipinski definition) is 3. The van der Waals surface area contributed by atoms with Crippen molar-refractivity contribution in [2.45, 2.75) is 40.2 Å². The summed E-state index contributed by atoms with van der Waals surface area (Å²) in [6.07, 6.45) is 0.496. The van der Waals surface area contributed by atoms with Gasteiger partial charge in [-0.15, -0.1) is 0 Å². The van der Waals surface area contributed by atoms with Gasteiger partial charge in [-0.1, -0.05) is 25.4 Å². The zero-order valence-electron chi connectivity index (χ0n) is 11.3. The fraction of sp³-hybridized carbons (Fsp3) is 0.692. The molecular formula is C13H19ClO4. The van der Waals surface area contributed by atoms with Crippen LogP contribution in [0.25, 0.3) is 0 Å². The molecule has 0 saturated heterocycles. The van der Waals surface area contributed by atoms with E-state index in [1.165, 1.54) is 0 Å². The van der Waals surface area contributed by atoms with Gasteiger partial charge in [0.15, 0.2) is 6.29 Å². The zero-order chi connectivity index (χ0) is 14.3. The Morgan fingerprint density at radius 3 is 2.11 bits per heavy atom. The Kier molecular flexibility index (Phi) is 3.82. The third-order valence-corrected chi connectivity index (χ3v) is 3.41. The third kappa shape index (κ3) is 2.86.